The number of para-hydroxylation sites is 1. The number of hydrogen-bond acceptors (Lipinski definition) is 7. The van der Waals surface area contributed by atoms with E-state index in [4.69, 9.17) is 14.2 Å². The van der Waals surface area contributed by atoms with E-state index in [1.807, 2.05) is 13.0 Å². The monoisotopic (exact) mass is 423 g/mol. The van der Waals surface area contributed by atoms with Gasteiger partial charge >= 0.3 is 5.97 Å². The molecule has 2 N–H and O–H groups in total. The number of nitriles is 1. The van der Waals surface area contributed by atoms with E-state index in [0.29, 0.717) is 23.8 Å². The van der Waals surface area contributed by atoms with Gasteiger partial charge in [0.15, 0.2) is 0 Å². The Kier molecular flexibility index (Phi) is 8.92. The molecule has 0 bridgehead atoms. The van der Waals surface area contributed by atoms with Crippen molar-refractivity contribution in [3.8, 4) is 17.6 Å². The summed E-state index contributed by atoms with van der Waals surface area (Å²) in [6.07, 6.45) is 2.91. The Morgan fingerprint density at radius 2 is 1.87 bits per heavy atom. The third kappa shape index (κ3) is 6.51. The Labute approximate surface area is 181 Å². The third-order valence-corrected chi connectivity index (χ3v) is 4.27. The van der Waals surface area contributed by atoms with Crippen LogP contribution < -0.4 is 20.1 Å². The number of benzene rings is 2. The quantitative estimate of drug-likeness (QED) is 0.256. The van der Waals surface area contributed by atoms with E-state index in [1.165, 1.54) is 20.4 Å². The summed E-state index contributed by atoms with van der Waals surface area (Å²) in [5.41, 5.74) is 0.835. The van der Waals surface area contributed by atoms with Crippen LogP contribution in [-0.2, 0) is 9.53 Å². The van der Waals surface area contributed by atoms with Crippen LogP contribution in [0.5, 0.6) is 11.5 Å². The molecule has 8 nitrogen and oxygen atoms in total. The first-order valence-corrected chi connectivity index (χ1v) is 9.70. The Hall–Kier alpha value is -3.99. The molecule has 2 rings (SSSR count). The fourth-order valence-corrected chi connectivity index (χ4v) is 2.56. The van der Waals surface area contributed by atoms with Crippen LogP contribution in [-0.4, -0.2) is 32.7 Å². The van der Waals surface area contributed by atoms with E-state index < -0.39 is 11.9 Å². The third-order valence-electron chi connectivity index (χ3n) is 4.27. The molecule has 2 aromatic rings. The van der Waals surface area contributed by atoms with Gasteiger partial charge in [0, 0.05) is 12.3 Å². The van der Waals surface area contributed by atoms with Crippen molar-refractivity contribution in [3.05, 3.63) is 59.8 Å². The Morgan fingerprint density at radius 3 is 2.55 bits per heavy atom. The van der Waals surface area contributed by atoms with Gasteiger partial charge in [-0.05, 0) is 30.7 Å². The number of carbonyl (C=O) groups excluding carboxylic acids is 2. The van der Waals surface area contributed by atoms with Crippen LogP contribution in [0.2, 0.25) is 0 Å². The van der Waals surface area contributed by atoms with Crippen molar-refractivity contribution in [2.24, 2.45) is 0 Å². The highest BCUT2D eigenvalue weighted by Crippen LogP contribution is 2.29. The molecule has 2 aromatic carbocycles. The minimum absolute atomic E-state index is 0.188. The fourth-order valence-electron chi connectivity index (χ4n) is 2.56. The standard InChI is InChI=1S/C23H25N3O5/c1-4-5-12-31-23(28)18-8-6-7-9-19(18)26-22(27)16(14-24)15-25-20-11-10-17(29-2)13-21(20)30-3/h6-11,13,15,25H,4-5,12H2,1-3H3,(H,26,27)/b16-15-. The molecule has 0 aliphatic carbocycles. The number of rotatable bonds is 10. The number of unbranched alkanes of at least 4 members (excludes halogenated alkanes) is 1. The van der Waals surface area contributed by atoms with Gasteiger partial charge in [-0.3, -0.25) is 4.79 Å². The van der Waals surface area contributed by atoms with Gasteiger partial charge < -0.3 is 24.8 Å². The summed E-state index contributed by atoms with van der Waals surface area (Å²) in [6, 6.07) is 13.4. The van der Waals surface area contributed by atoms with Crippen molar-refractivity contribution in [1.82, 2.24) is 0 Å². The number of nitrogens with zero attached hydrogens (tertiary/aromatic N) is 1. The van der Waals surface area contributed by atoms with Gasteiger partial charge in [0.05, 0.1) is 37.8 Å². The zero-order chi connectivity index (χ0) is 22.6. The lowest BCUT2D eigenvalue weighted by Crippen LogP contribution is -2.18. The highest BCUT2D eigenvalue weighted by molar-refractivity contribution is 6.09. The minimum atomic E-state index is -0.670. The fraction of sp³-hybridized carbons (Fsp3) is 0.261. The zero-order valence-corrected chi connectivity index (χ0v) is 17.7. The van der Waals surface area contributed by atoms with Crippen LogP contribution in [0.25, 0.3) is 0 Å². The second kappa shape index (κ2) is 11.9. The summed E-state index contributed by atoms with van der Waals surface area (Å²) in [5, 5.41) is 14.9. The second-order valence-corrected chi connectivity index (χ2v) is 6.37. The molecule has 1 amide bonds. The van der Waals surface area contributed by atoms with Crippen LogP contribution in [0.4, 0.5) is 11.4 Å². The first-order chi connectivity index (χ1) is 15.0. The van der Waals surface area contributed by atoms with Gasteiger partial charge in [0.1, 0.15) is 23.1 Å². The molecule has 0 heterocycles. The average molecular weight is 423 g/mol. The number of methoxy groups -OCH3 is 2. The topological polar surface area (TPSA) is 110 Å². The number of anilines is 2. The van der Waals surface area contributed by atoms with E-state index in [2.05, 4.69) is 10.6 Å². The van der Waals surface area contributed by atoms with Crippen LogP contribution in [0.1, 0.15) is 30.1 Å². The van der Waals surface area contributed by atoms with Gasteiger partial charge in [0.25, 0.3) is 5.91 Å². The molecule has 0 atom stereocenters. The summed E-state index contributed by atoms with van der Waals surface area (Å²) in [5.74, 6) is -0.121. The predicted molar refractivity (Wildman–Crippen MR) is 117 cm³/mol. The lowest BCUT2D eigenvalue weighted by Gasteiger charge is -2.12. The first-order valence-electron chi connectivity index (χ1n) is 9.70. The molecule has 0 aromatic heterocycles. The maximum Gasteiger partial charge on any atom is 0.340 e. The lowest BCUT2D eigenvalue weighted by atomic mass is 10.1. The summed E-state index contributed by atoms with van der Waals surface area (Å²) in [7, 11) is 3.04. The smallest absolute Gasteiger partial charge is 0.340 e. The number of hydrogen-bond donors (Lipinski definition) is 2. The Bertz CT molecular complexity index is 995. The van der Waals surface area contributed by atoms with Gasteiger partial charge in [-0.15, -0.1) is 0 Å². The SMILES string of the molecule is CCCCOC(=O)c1ccccc1NC(=O)/C(C#N)=C\Nc1ccc(OC)cc1OC. The van der Waals surface area contributed by atoms with E-state index in [0.717, 1.165) is 12.8 Å². The lowest BCUT2D eigenvalue weighted by molar-refractivity contribution is -0.112. The van der Waals surface area contributed by atoms with Gasteiger partial charge in [-0.1, -0.05) is 25.5 Å². The molecular weight excluding hydrogens is 398 g/mol. The van der Waals surface area contributed by atoms with Crippen molar-refractivity contribution >= 4 is 23.3 Å². The maximum atomic E-state index is 12.6. The van der Waals surface area contributed by atoms with E-state index >= 15 is 0 Å². The van der Waals surface area contributed by atoms with E-state index in [1.54, 1.807) is 42.5 Å². The predicted octanol–water partition coefficient (Wildman–Crippen LogP) is 4.12. The summed E-state index contributed by atoms with van der Waals surface area (Å²) in [4.78, 5) is 24.9. The molecule has 162 valence electrons. The number of nitrogens with one attached hydrogen (secondary N) is 2. The molecule has 0 unspecified atom stereocenters. The summed E-state index contributed by atoms with van der Waals surface area (Å²) in [6.45, 7) is 2.29. The van der Waals surface area contributed by atoms with Crippen LogP contribution >= 0.6 is 0 Å². The number of esters is 1. The van der Waals surface area contributed by atoms with Gasteiger partial charge in [-0.2, -0.15) is 5.26 Å². The molecule has 8 heteroatoms. The maximum absolute atomic E-state index is 12.6. The highest BCUT2D eigenvalue weighted by Gasteiger charge is 2.16. The van der Waals surface area contributed by atoms with Crippen molar-refractivity contribution < 1.29 is 23.8 Å². The van der Waals surface area contributed by atoms with Gasteiger partial charge in [-0.25, -0.2) is 4.79 Å². The molecule has 31 heavy (non-hydrogen) atoms. The van der Waals surface area contributed by atoms with E-state index in [9.17, 15) is 14.9 Å². The van der Waals surface area contributed by atoms with Crippen LogP contribution in [0.3, 0.4) is 0 Å². The minimum Gasteiger partial charge on any atom is -0.497 e. The largest absolute Gasteiger partial charge is 0.497 e. The number of ether oxygens (including phenoxy) is 3. The summed E-state index contributed by atoms with van der Waals surface area (Å²) < 4.78 is 15.7. The highest BCUT2D eigenvalue weighted by atomic mass is 16.5. The molecule has 0 radical (unpaired) electrons. The second-order valence-electron chi connectivity index (χ2n) is 6.37. The molecule has 0 saturated carbocycles. The molecule has 0 spiro atoms. The zero-order valence-electron chi connectivity index (χ0n) is 17.7. The van der Waals surface area contributed by atoms with Crippen molar-refractivity contribution in [2.45, 2.75) is 19.8 Å². The van der Waals surface area contributed by atoms with Crippen LogP contribution in [0, 0.1) is 11.3 Å². The van der Waals surface area contributed by atoms with Crippen molar-refractivity contribution in [3.63, 3.8) is 0 Å². The average Bonchev–Trinajstić information content (AvgIpc) is 2.79. The molecule has 0 aliphatic heterocycles. The van der Waals surface area contributed by atoms with E-state index in [-0.39, 0.29) is 16.8 Å². The number of carbonyl (C=O) groups is 2. The van der Waals surface area contributed by atoms with Crippen LogP contribution in [0.15, 0.2) is 54.2 Å². The normalized spacial score (nSPS) is 10.6. The van der Waals surface area contributed by atoms with Crippen molar-refractivity contribution in [1.29, 1.82) is 5.26 Å². The molecular formula is C23H25N3O5. The molecule has 0 aliphatic rings. The van der Waals surface area contributed by atoms with Gasteiger partial charge in [0.2, 0.25) is 0 Å². The Morgan fingerprint density at radius 1 is 1.10 bits per heavy atom. The molecule has 0 fully saturated rings. The molecule has 0 saturated heterocycles. The van der Waals surface area contributed by atoms with Crippen molar-refractivity contribution in [2.75, 3.05) is 31.5 Å². The number of amides is 1. The summed E-state index contributed by atoms with van der Waals surface area (Å²) >= 11 is 0. The first kappa shape index (κ1) is 23.3. The Balaban J connectivity index is 2.16.